The highest BCUT2D eigenvalue weighted by atomic mass is 19.4. The minimum atomic E-state index is -4.30. The van der Waals surface area contributed by atoms with Gasteiger partial charge < -0.3 is 24.3 Å². The van der Waals surface area contributed by atoms with Gasteiger partial charge in [-0.05, 0) is 48.6 Å². The third-order valence-corrected chi connectivity index (χ3v) is 6.81. The number of hydrogen-bond donors (Lipinski definition) is 1. The highest BCUT2D eigenvalue weighted by Gasteiger charge is 2.36. The standard InChI is InChI=1S/C25H26F5N5O2/c1-15-8-19(26)20(31-24(36)34-3-2-16(12-34)11-25(28,29)30)10-18(15)17-9-21(33-4-6-37-7-5-33)23-32-22(27)14-35(23)13-17/h8-10,13-14,16H,2-7,11-12H2,1H3,(H,31,36). The van der Waals surface area contributed by atoms with Gasteiger partial charge in [-0.15, -0.1) is 0 Å². The molecule has 2 fully saturated rings. The number of amides is 2. The molecule has 0 bridgehead atoms. The highest BCUT2D eigenvalue weighted by molar-refractivity contribution is 5.91. The molecule has 1 atom stereocenters. The molecule has 2 saturated heterocycles. The lowest BCUT2D eigenvalue weighted by molar-refractivity contribution is -0.143. The zero-order valence-electron chi connectivity index (χ0n) is 20.1. The number of anilines is 2. The minimum absolute atomic E-state index is 0.0442. The second kappa shape index (κ2) is 9.81. The Balaban J connectivity index is 1.43. The van der Waals surface area contributed by atoms with Crippen molar-refractivity contribution in [3.05, 3.63) is 47.9 Å². The number of hydrogen-bond acceptors (Lipinski definition) is 4. The molecule has 2 aliphatic heterocycles. The SMILES string of the molecule is Cc1cc(F)c(NC(=O)N2CCC(CC(F)(F)F)C2)cc1-c1cc(N2CCOCC2)c2nc(F)cn2c1. The summed E-state index contributed by atoms with van der Waals surface area (Å²) in [5.74, 6) is -1.97. The molecule has 5 rings (SSSR count). The lowest BCUT2D eigenvalue weighted by Gasteiger charge is -2.29. The minimum Gasteiger partial charge on any atom is -0.378 e. The lowest BCUT2D eigenvalue weighted by atomic mass is 10.00. The summed E-state index contributed by atoms with van der Waals surface area (Å²) in [6.07, 6.45) is -2.07. The number of morpholine rings is 1. The summed E-state index contributed by atoms with van der Waals surface area (Å²) in [6.45, 7) is 4.08. The van der Waals surface area contributed by atoms with Crippen molar-refractivity contribution in [3.63, 3.8) is 0 Å². The average molecular weight is 524 g/mol. The fraction of sp³-hybridized carbons (Fsp3) is 0.440. The number of benzene rings is 1. The van der Waals surface area contributed by atoms with E-state index in [9.17, 15) is 26.7 Å². The van der Waals surface area contributed by atoms with Crippen LogP contribution in [0.1, 0.15) is 18.4 Å². The van der Waals surface area contributed by atoms with Gasteiger partial charge in [0.2, 0.25) is 5.95 Å². The number of carbonyl (C=O) groups is 1. The second-order valence-corrected chi connectivity index (χ2v) is 9.51. The van der Waals surface area contributed by atoms with Crippen molar-refractivity contribution in [3.8, 4) is 11.1 Å². The van der Waals surface area contributed by atoms with Crippen LogP contribution in [0.15, 0.2) is 30.6 Å². The molecular weight excluding hydrogens is 497 g/mol. The van der Waals surface area contributed by atoms with Gasteiger partial charge in [0.1, 0.15) is 5.82 Å². The molecule has 1 unspecified atom stereocenters. The molecule has 37 heavy (non-hydrogen) atoms. The van der Waals surface area contributed by atoms with Gasteiger partial charge in [-0.25, -0.2) is 9.18 Å². The molecule has 0 spiro atoms. The van der Waals surface area contributed by atoms with E-state index >= 15 is 0 Å². The van der Waals surface area contributed by atoms with Crippen LogP contribution in [0, 0.1) is 24.6 Å². The van der Waals surface area contributed by atoms with Crippen molar-refractivity contribution < 1.29 is 31.5 Å². The number of likely N-dealkylation sites (tertiary alicyclic amines) is 1. The Kier molecular flexibility index (Phi) is 6.69. The number of aryl methyl sites for hydroxylation is 1. The monoisotopic (exact) mass is 523 g/mol. The summed E-state index contributed by atoms with van der Waals surface area (Å²) in [4.78, 5) is 20.1. The highest BCUT2D eigenvalue weighted by Crippen LogP contribution is 2.34. The van der Waals surface area contributed by atoms with Crippen molar-refractivity contribution >= 4 is 23.1 Å². The van der Waals surface area contributed by atoms with E-state index in [0.717, 1.165) is 0 Å². The predicted octanol–water partition coefficient (Wildman–Crippen LogP) is 5.23. The fourth-order valence-electron chi connectivity index (χ4n) is 5.02. The Labute approximate surface area is 209 Å². The third-order valence-electron chi connectivity index (χ3n) is 6.81. The van der Waals surface area contributed by atoms with Gasteiger partial charge in [0.15, 0.2) is 5.65 Å². The lowest BCUT2D eigenvalue weighted by Crippen LogP contribution is -2.36. The molecule has 0 radical (unpaired) electrons. The number of imidazole rings is 1. The summed E-state index contributed by atoms with van der Waals surface area (Å²) in [5.41, 5.74) is 2.92. The molecule has 2 amide bonds. The van der Waals surface area contributed by atoms with Crippen LogP contribution >= 0.6 is 0 Å². The number of fused-ring (bicyclic) bond motifs is 1. The number of urea groups is 1. The van der Waals surface area contributed by atoms with Crippen molar-refractivity contribution in [1.82, 2.24) is 14.3 Å². The second-order valence-electron chi connectivity index (χ2n) is 9.51. The van der Waals surface area contributed by atoms with Crippen molar-refractivity contribution in [2.24, 2.45) is 5.92 Å². The van der Waals surface area contributed by atoms with E-state index in [-0.39, 0.29) is 25.2 Å². The molecule has 7 nitrogen and oxygen atoms in total. The van der Waals surface area contributed by atoms with E-state index in [1.54, 1.807) is 17.5 Å². The molecule has 2 aromatic heterocycles. The molecule has 1 aromatic carbocycles. The van der Waals surface area contributed by atoms with E-state index in [1.807, 2.05) is 11.0 Å². The maximum Gasteiger partial charge on any atom is 0.389 e. The Hall–Kier alpha value is -3.41. The van der Waals surface area contributed by atoms with Crippen LogP contribution in [-0.4, -0.2) is 65.9 Å². The van der Waals surface area contributed by atoms with Crippen LogP contribution in [0.2, 0.25) is 0 Å². The topological polar surface area (TPSA) is 62.1 Å². The van der Waals surface area contributed by atoms with Gasteiger partial charge in [-0.3, -0.25) is 0 Å². The van der Waals surface area contributed by atoms with Gasteiger partial charge >= 0.3 is 12.2 Å². The number of nitrogens with one attached hydrogen (secondary N) is 1. The van der Waals surface area contributed by atoms with E-state index in [2.05, 4.69) is 10.3 Å². The summed E-state index contributed by atoms with van der Waals surface area (Å²) in [7, 11) is 0. The molecule has 0 aliphatic carbocycles. The number of carbonyl (C=O) groups excluding carboxylic acids is 1. The number of alkyl halides is 3. The molecule has 1 N–H and O–H groups in total. The number of ether oxygens (including phenoxy) is 1. The first-order valence-electron chi connectivity index (χ1n) is 12.0. The Bertz CT molecular complexity index is 1320. The summed E-state index contributed by atoms with van der Waals surface area (Å²) in [6, 6.07) is 3.97. The van der Waals surface area contributed by atoms with Crippen LogP contribution in [0.5, 0.6) is 0 Å². The molecule has 12 heteroatoms. The number of aromatic nitrogens is 2. The first kappa shape index (κ1) is 25.2. The predicted molar refractivity (Wildman–Crippen MR) is 128 cm³/mol. The molecule has 198 valence electrons. The first-order valence-corrected chi connectivity index (χ1v) is 12.0. The van der Waals surface area contributed by atoms with Gasteiger partial charge in [0.05, 0.1) is 30.8 Å². The van der Waals surface area contributed by atoms with Gasteiger partial charge in [-0.1, -0.05) is 0 Å². The first-order chi connectivity index (χ1) is 17.6. The number of rotatable bonds is 4. The Morgan fingerprint density at radius 2 is 1.89 bits per heavy atom. The van der Waals surface area contributed by atoms with Crippen LogP contribution in [-0.2, 0) is 4.74 Å². The summed E-state index contributed by atoms with van der Waals surface area (Å²) < 4.78 is 74.1. The number of pyridine rings is 1. The normalized spacial score (nSPS) is 18.6. The van der Waals surface area contributed by atoms with Crippen molar-refractivity contribution in [1.29, 1.82) is 0 Å². The van der Waals surface area contributed by atoms with Crippen LogP contribution in [0.4, 0.5) is 38.1 Å². The zero-order chi connectivity index (χ0) is 26.3. The smallest absolute Gasteiger partial charge is 0.378 e. The Morgan fingerprint density at radius 3 is 2.62 bits per heavy atom. The van der Waals surface area contributed by atoms with Crippen molar-refractivity contribution in [2.75, 3.05) is 49.6 Å². The molecule has 0 saturated carbocycles. The maximum atomic E-state index is 14.9. The number of nitrogens with zero attached hydrogens (tertiary/aromatic N) is 4. The van der Waals surface area contributed by atoms with Crippen molar-refractivity contribution in [2.45, 2.75) is 25.9 Å². The molecule has 3 aromatic rings. The van der Waals surface area contributed by atoms with Crippen LogP contribution in [0.3, 0.4) is 0 Å². The van der Waals surface area contributed by atoms with E-state index in [0.29, 0.717) is 54.3 Å². The molecular formula is C25H26F5N5O2. The fourth-order valence-corrected chi connectivity index (χ4v) is 5.02. The molecule has 4 heterocycles. The Morgan fingerprint density at radius 1 is 1.14 bits per heavy atom. The quantitative estimate of drug-likeness (QED) is 0.476. The maximum absolute atomic E-state index is 14.9. The van der Waals surface area contributed by atoms with E-state index in [4.69, 9.17) is 4.74 Å². The summed E-state index contributed by atoms with van der Waals surface area (Å²) >= 11 is 0. The average Bonchev–Trinajstić information content (AvgIpc) is 3.45. The number of halogens is 5. The van der Waals surface area contributed by atoms with Gasteiger partial charge in [-0.2, -0.15) is 22.5 Å². The largest absolute Gasteiger partial charge is 0.389 e. The zero-order valence-corrected chi connectivity index (χ0v) is 20.1. The van der Waals surface area contributed by atoms with Gasteiger partial charge in [0, 0.05) is 44.4 Å². The van der Waals surface area contributed by atoms with Crippen LogP contribution < -0.4 is 10.2 Å². The van der Waals surface area contributed by atoms with Crippen LogP contribution in [0.25, 0.3) is 16.8 Å². The van der Waals surface area contributed by atoms with E-state index < -0.39 is 36.3 Å². The summed E-state index contributed by atoms with van der Waals surface area (Å²) in [5, 5.41) is 2.52. The van der Waals surface area contributed by atoms with Gasteiger partial charge in [0.25, 0.3) is 0 Å². The third kappa shape index (κ3) is 5.48. The van der Waals surface area contributed by atoms with E-state index in [1.165, 1.54) is 23.2 Å². The molecule has 2 aliphatic rings.